The molecule has 0 saturated heterocycles. The van der Waals surface area contributed by atoms with Gasteiger partial charge in [0, 0.05) is 12.0 Å². The Kier molecular flexibility index (Phi) is 4.68. The molecule has 0 saturated carbocycles. The Morgan fingerprint density at radius 1 is 1.05 bits per heavy atom. The topological polar surface area (TPSA) is 44.5 Å². The highest BCUT2D eigenvalue weighted by atomic mass is 19.4. The van der Waals surface area contributed by atoms with E-state index in [2.05, 4.69) is 4.74 Å². The standard InChI is InChI=1S/C13H18F3NO2/c1-12(2,3)11(8-17)18-9-4-6-10(7-5-9)19-13(14,15)16/h4-7,11H,8,17H2,1-3H3. The number of halogens is 3. The zero-order chi connectivity index (χ0) is 14.7. The van der Waals surface area contributed by atoms with E-state index in [1.165, 1.54) is 24.3 Å². The average Bonchev–Trinajstić information content (AvgIpc) is 2.24. The van der Waals surface area contributed by atoms with Crippen LogP contribution in [0.4, 0.5) is 13.2 Å². The lowest BCUT2D eigenvalue weighted by molar-refractivity contribution is -0.274. The molecule has 1 unspecified atom stereocenters. The largest absolute Gasteiger partial charge is 0.573 e. The first-order valence-electron chi connectivity index (χ1n) is 5.84. The SMILES string of the molecule is CC(C)(C)C(CN)Oc1ccc(OC(F)(F)F)cc1. The number of hydrogen-bond acceptors (Lipinski definition) is 3. The Balaban J connectivity index is 2.71. The lowest BCUT2D eigenvalue weighted by Gasteiger charge is -2.30. The molecule has 1 atom stereocenters. The zero-order valence-corrected chi connectivity index (χ0v) is 11.1. The van der Waals surface area contributed by atoms with Gasteiger partial charge in [-0.15, -0.1) is 13.2 Å². The van der Waals surface area contributed by atoms with Crippen molar-refractivity contribution >= 4 is 0 Å². The van der Waals surface area contributed by atoms with Gasteiger partial charge in [0.05, 0.1) is 0 Å². The van der Waals surface area contributed by atoms with Gasteiger partial charge >= 0.3 is 6.36 Å². The third-order valence-electron chi connectivity index (χ3n) is 2.52. The molecule has 3 nitrogen and oxygen atoms in total. The first-order valence-corrected chi connectivity index (χ1v) is 5.84. The van der Waals surface area contributed by atoms with E-state index in [9.17, 15) is 13.2 Å². The van der Waals surface area contributed by atoms with E-state index >= 15 is 0 Å². The van der Waals surface area contributed by atoms with E-state index in [1.54, 1.807) is 0 Å². The molecule has 0 fully saturated rings. The van der Waals surface area contributed by atoms with Crippen LogP contribution in [0.25, 0.3) is 0 Å². The van der Waals surface area contributed by atoms with Crippen molar-refractivity contribution in [1.29, 1.82) is 0 Å². The molecule has 2 N–H and O–H groups in total. The van der Waals surface area contributed by atoms with E-state index in [1.807, 2.05) is 20.8 Å². The third-order valence-corrected chi connectivity index (χ3v) is 2.52. The molecule has 0 amide bonds. The second-order valence-corrected chi connectivity index (χ2v) is 5.23. The quantitative estimate of drug-likeness (QED) is 0.918. The van der Waals surface area contributed by atoms with Crippen LogP contribution >= 0.6 is 0 Å². The summed E-state index contributed by atoms with van der Waals surface area (Å²) in [5.41, 5.74) is 5.46. The number of nitrogens with two attached hydrogens (primary N) is 1. The first kappa shape index (κ1) is 15.6. The molecular weight excluding hydrogens is 259 g/mol. The second kappa shape index (κ2) is 5.69. The highest BCUT2D eigenvalue weighted by molar-refractivity contribution is 5.31. The van der Waals surface area contributed by atoms with E-state index < -0.39 is 6.36 Å². The van der Waals surface area contributed by atoms with Crippen LogP contribution in [0.2, 0.25) is 0 Å². The van der Waals surface area contributed by atoms with Gasteiger partial charge in [0.25, 0.3) is 0 Å². The number of rotatable bonds is 4. The van der Waals surface area contributed by atoms with Crippen molar-refractivity contribution in [2.24, 2.45) is 11.1 Å². The van der Waals surface area contributed by atoms with Gasteiger partial charge < -0.3 is 15.2 Å². The molecule has 1 rings (SSSR count). The maximum Gasteiger partial charge on any atom is 0.573 e. The molecular formula is C13H18F3NO2. The van der Waals surface area contributed by atoms with Crippen LogP contribution in [0.3, 0.4) is 0 Å². The van der Waals surface area contributed by atoms with E-state index in [0.29, 0.717) is 12.3 Å². The van der Waals surface area contributed by atoms with E-state index in [-0.39, 0.29) is 17.3 Å². The molecule has 6 heteroatoms. The molecule has 0 radical (unpaired) electrons. The zero-order valence-electron chi connectivity index (χ0n) is 11.1. The highest BCUT2D eigenvalue weighted by Crippen LogP contribution is 2.27. The molecule has 108 valence electrons. The lowest BCUT2D eigenvalue weighted by Crippen LogP contribution is -2.38. The Hall–Kier alpha value is -1.43. The van der Waals surface area contributed by atoms with Gasteiger partial charge in [-0.3, -0.25) is 0 Å². The summed E-state index contributed by atoms with van der Waals surface area (Å²) in [6, 6.07) is 5.27. The minimum absolute atomic E-state index is 0.157. The van der Waals surface area contributed by atoms with Gasteiger partial charge in [0.2, 0.25) is 0 Å². The van der Waals surface area contributed by atoms with Crippen LogP contribution < -0.4 is 15.2 Å². The van der Waals surface area contributed by atoms with Crippen molar-refractivity contribution in [1.82, 2.24) is 0 Å². The van der Waals surface area contributed by atoms with E-state index in [4.69, 9.17) is 10.5 Å². The highest BCUT2D eigenvalue weighted by Gasteiger charge is 2.31. The van der Waals surface area contributed by atoms with E-state index in [0.717, 1.165) is 0 Å². The molecule has 0 aliphatic rings. The summed E-state index contributed by atoms with van der Waals surface area (Å²) in [6.45, 7) is 6.26. The molecule has 0 spiro atoms. The van der Waals surface area contributed by atoms with Gasteiger partial charge in [0.1, 0.15) is 17.6 Å². The fourth-order valence-electron chi connectivity index (χ4n) is 1.46. The maximum absolute atomic E-state index is 12.0. The summed E-state index contributed by atoms with van der Waals surface area (Å²) >= 11 is 0. The molecule has 1 aromatic carbocycles. The molecule has 0 aliphatic carbocycles. The van der Waals surface area contributed by atoms with Gasteiger partial charge in [-0.2, -0.15) is 0 Å². The Labute approximate surface area is 110 Å². The monoisotopic (exact) mass is 277 g/mol. The number of benzene rings is 1. The Bertz CT molecular complexity index is 396. The summed E-state index contributed by atoms with van der Waals surface area (Å²) in [5, 5.41) is 0. The molecule has 0 heterocycles. The van der Waals surface area contributed by atoms with Gasteiger partial charge in [0.15, 0.2) is 0 Å². The van der Waals surface area contributed by atoms with Crippen LogP contribution in [0.15, 0.2) is 24.3 Å². The van der Waals surface area contributed by atoms with Crippen molar-refractivity contribution < 1.29 is 22.6 Å². The Morgan fingerprint density at radius 2 is 1.53 bits per heavy atom. The number of hydrogen-bond donors (Lipinski definition) is 1. The van der Waals surface area contributed by atoms with Crippen LogP contribution in [-0.2, 0) is 0 Å². The summed E-state index contributed by atoms with van der Waals surface area (Å²) in [5.74, 6) is 0.180. The fourth-order valence-corrected chi connectivity index (χ4v) is 1.46. The molecule has 0 aromatic heterocycles. The normalized spacial score (nSPS) is 14.1. The second-order valence-electron chi connectivity index (χ2n) is 5.23. The van der Waals surface area contributed by atoms with Crippen molar-refractivity contribution in [2.45, 2.75) is 33.2 Å². The molecule has 1 aromatic rings. The minimum atomic E-state index is -4.69. The smallest absolute Gasteiger partial charge is 0.489 e. The maximum atomic E-state index is 12.0. The molecule has 19 heavy (non-hydrogen) atoms. The third kappa shape index (κ3) is 5.38. The number of alkyl halides is 3. The molecule has 0 aliphatic heterocycles. The van der Waals surface area contributed by atoms with Gasteiger partial charge in [-0.1, -0.05) is 20.8 Å². The summed E-state index contributed by atoms with van der Waals surface area (Å²) in [7, 11) is 0. The van der Waals surface area contributed by atoms with Crippen LogP contribution in [0.1, 0.15) is 20.8 Å². The van der Waals surface area contributed by atoms with Crippen molar-refractivity contribution in [3.63, 3.8) is 0 Å². The van der Waals surface area contributed by atoms with Crippen molar-refractivity contribution in [3.8, 4) is 11.5 Å². The first-order chi connectivity index (χ1) is 8.62. The fraction of sp³-hybridized carbons (Fsp3) is 0.538. The Morgan fingerprint density at radius 3 is 1.89 bits per heavy atom. The summed E-state index contributed by atoms with van der Waals surface area (Å²) in [6.07, 6.45) is -4.91. The minimum Gasteiger partial charge on any atom is -0.489 e. The van der Waals surface area contributed by atoms with Gasteiger partial charge in [-0.25, -0.2) is 0 Å². The van der Waals surface area contributed by atoms with Crippen molar-refractivity contribution in [3.05, 3.63) is 24.3 Å². The van der Waals surface area contributed by atoms with Crippen LogP contribution in [-0.4, -0.2) is 19.0 Å². The van der Waals surface area contributed by atoms with Crippen molar-refractivity contribution in [2.75, 3.05) is 6.54 Å². The van der Waals surface area contributed by atoms with Crippen LogP contribution in [0.5, 0.6) is 11.5 Å². The number of ether oxygens (including phenoxy) is 2. The molecule has 0 bridgehead atoms. The predicted octanol–water partition coefficient (Wildman–Crippen LogP) is 3.34. The van der Waals surface area contributed by atoms with Gasteiger partial charge in [-0.05, 0) is 24.3 Å². The van der Waals surface area contributed by atoms with Crippen LogP contribution in [0, 0.1) is 5.41 Å². The predicted molar refractivity (Wildman–Crippen MR) is 66.1 cm³/mol. The summed E-state index contributed by atoms with van der Waals surface area (Å²) < 4.78 is 45.4. The lowest BCUT2D eigenvalue weighted by atomic mass is 9.89. The average molecular weight is 277 g/mol. The summed E-state index contributed by atoms with van der Waals surface area (Å²) in [4.78, 5) is 0.